The van der Waals surface area contributed by atoms with E-state index in [0.29, 0.717) is 30.4 Å². The van der Waals surface area contributed by atoms with Crippen molar-refractivity contribution in [3.63, 3.8) is 0 Å². The van der Waals surface area contributed by atoms with Crippen LogP contribution in [0.4, 0.5) is 5.88 Å². The highest BCUT2D eigenvalue weighted by molar-refractivity contribution is 7.89. The van der Waals surface area contributed by atoms with Gasteiger partial charge in [-0.1, -0.05) is 13.3 Å². The molecule has 1 aromatic carbocycles. The van der Waals surface area contributed by atoms with Crippen LogP contribution in [0.5, 0.6) is 0 Å². The molecular formula is C21H27N5O3S. The maximum absolute atomic E-state index is 12.8. The Morgan fingerprint density at radius 3 is 2.30 bits per heavy atom. The van der Waals surface area contributed by atoms with Crippen molar-refractivity contribution in [2.24, 2.45) is 0 Å². The first-order valence-corrected chi connectivity index (χ1v) is 12.0. The molecular weight excluding hydrogens is 402 g/mol. The molecule has 3 heterocycles. The molecule has 0 saturated carbocycles. The van der Waals surface area contributed by atoms with Gasteiger partial charge in [-0.3, -0.25) is 0 Å². The highest BCUT2D eigenvalue weighted by Crippen LogP contribution is 2.30. The van der Waals surface area contributed by atoms with Crippen LogP contribution in [0.2, 0.25) is 0 Å². The third-order valence-electron chi connectivity index (χ3n) is 5.88. The van der Waals surface area contributed by atoms with Crippen LogP contribution in [-0.4, -0.2) is 68.4 Å². The number of benzene rings is 1. The predicted molar refractivity (Wildman–Crippen MR) is 114 cm³/mol. The largest absolute Gasteiger partial charge is 0.419 e. The first-order chi connectivity index (χ1) is 14.5. The fraction of sp³-hybridized carbons (Fsp3) is 0.524. The quantitative estimate of drug-likeness (QED) is 0.721. The molecule has 0 radical (unpaired) electrons. The monoisotopic (exact) mass is 429 g/mol. The molecule has 4 rings (SSSR count). The summed E-state index contributed by atoms with van der Waals surface area (Å²) < 4.78 is 33.2. The van der Waals surface area contributed by atoms with E-state index in [2.05, 4.69) is 27.8 Å². The van der Waals surface area contributed by atoms with Crippen LogP contribution >= 0.6 is 0 Å². The Balaban J connectivity index is 1.55. The summed E-state index contributed by atoms with van der Waals surface area (Å²) in [5, 5.41) is 9.51. The van der Waals surface area contributed by atoms with Gasteiger partial charge in [0, 0.05) is 44.8 Å². The smallest absolute Gasteiger partial charge is 0.243 e. The normalized spacial score (nSPS) is 19.0. The number of nitrogens with zero attached hydrogens (tertiary/aromatic N) is 5. The Kier molecular flexibility index (Phi) is 6.09. The number of rotatable bonds is 5. The van der Waals surface area contributed by atoms with Crippen LogP contribution < -0.4 is 4.90 Å². The van der Waals surface area contributed by atoms with Gasteiger partial charge in [0.05, 0.1) is 4.90 Å². The zero-order valence-electron chi connectivity index (χ0n) is 17.2. The van der Waals surface area contributed by atoms with Gasteiger partial charge in [0.15, 0.2) is 0 Å². The van der Waals surface area contributed by atoms with E-state index in [0.717, 1.165) is 52.0 Å². The molecule has 2 saturated heterocycles. The van der Waals surface area contributed by atoms with Crippen LogP contribution in [-0.2, 0) is 10.0 Å². The van der Waals surface area contributed by atoms with Crippen molar-refractivity contribution < 1.29 is 12.8 Å². The number of hydrogen-bond donors (Lipinski definition) is 0. The van der Waals surface area contributed by atoms with Crippen molar-refractivity contribution in [3.8, 4) is 17.5 Å². The molecule has 8 nitrogen and oxygen atoms in total. The standard InChI is InChI=1S/C21H27N5O3S/c1-2-24-12-14-25(15-13-24)21-19(16-22)23-20(29-21)17-6-8-18(9-7-17)30(27,28)26-10-4-3-5-11-26/h6-9H,2-5,10-15H2,1H3. The molecule has 1 aromatic heterocycles. The van der Waals surface area contributed by atoms with Gasteiger partial charge >= 0.3 is 0 Å². The number of nitriles is 1. The highest BCUT2D eigenvalue weighted by Gasteiger charge is 2.27. The van der Waals surface area contributed by atoms with Crippen LogP contribution in [0, 0.1) is 11.3 Å². The summed E-state index contributed by atoms with van der Waals surface area (Å²) in [4.78, 5) is 9.03. The molecule has 2 fully saturated rings. The molecule has 9 heteroatoms. The number of aromatic nitrogens is 1. The number of piperidine rings is 1. The lowest BCUT2D eigenvalue weighted by Gasteiger charge is -2.33. The highest BCUT2D eigenvalue weighted by atomic mass is 32.2. The van der Waals surface area contributed by atoms with E-state index in [9.17, 15) is 13.7 Å². The molecule has 0 atom stereocenters. The minimum atomic E-state index is -3.48. The zero-order valence-corrected chi connectivity index (χ0v) is 18.1. The minimum absolute atomic E-state index is 0.264. The lowest BCUT2D eigenvalue weighted by Crippen LogP contribution is -2.46. The first kappa shape index (κ1) is 20.8. The summed E-state index contributed by atoms with van der Waals surface area (Å²) in [7, 11) is -3.48. The van der Waals surface area contributed by atoms with Crippen molar-refractivity contribution >= 4 is 15.9 Å². The summed E-state index contributed by atoms with van der Waals surface area (Å²) in [6.45, 7) is 7.69. The summed E-state index contributed by atoms with van der Waals surface area (Å²) >= 11 is 0. The molecule has 2 aliphatic heterocycles. The third-order valence-corrected chi connectivity index (χ3v) is 7.79. The van der Waals surface area contributed by atoms with Crippen LogP contribution in [0.25, 0.3) is 11.5 Å². The van der Waals surface area contributed by atoms with Gasteiger partial charge in [0.1, 0.15) is 6.07 Å². The molecule has 0 N–H and O–H groups in total. The molecule has 0 unspecified atom stereocenters. The fourth-order valence-electron chi connectivity index (χ4n) is 4.01. The van der Waals surface area contributed by atoms with E-state index in [1.165, 1.54) is 0 Å². The number of oxazole rings is 1. The first-order valence-electron chi connectivity index (χ1n) is 10.5. The summed E-state index contributed by atoms with van der Waals surface area (Å²) in [5.74, 6) is 0.828. The van der Waals surface area contributed by atoms with Crippen molar-refractivity contribution in [3.05, 3.63) is 30.0 Å². The second kappa shape index (κ2) is 8.76. The number of hydrogen-bond acceptors (Lipinski definition) is 7. The summed E-state index contributed by atoms with van der Waals surface area (Å²) in [6.07, 6.45) is 2.88. The van der Waals surface area contributed by atoms with Gasteiger partial charge in [-0.05, 0) is 43.7 Å². The van der Waals surface area contributed by atoms with Gasteiger partial charge < -0.3 is 14.2 Å². The van der Waals surface area contributed by atoms with Gasteiger partial charge in [0.2, 0.25) is 27.5 Å². The Bertz CT molecular complexity index is 1010. The van der Waals surface area contributed by atoms with Gasteiger partial charge in [0.25, 0.3) is 0 Å². The number of piperazine rings is 1. The van der Waals surface area contributed by atoms with Crippen molar-refractivity contribution in [1.29, 1.82) is 5.26 Å². The second-order valence-corrected chi connectivity index (χ2v) is 9.63. The lowest BCUT2D eigenvalue weighted by atomic mass is 10.2. The zero-order chi connectivity index (χ0) is 21.1. The molecule has 160 valence electrons. The summed E-state index contributed by atoms with van der Waals surface area (Å²) in [5.41, 5.74) is 0.919. The maximum atomic E-state index is 12.8. The van der Waals surface area contributed by atoms with Gasteiger partial charge in [-0.15, -0.1) is 0 Å². The molecule has 2 aliphatic rings. The Morgan fingerprint density at radius 2 is 1.70 bits per heavy atom. The Morgan fingerprint density at radius 1 is 1.03 bits per heavy atom. The van der Waals surface area contributed by atoms with Crippen LogP contribution in [0.1, 0.15) is 31.9 Å². The van der Waals surface area contributed by atoms with Crippen molar-refractivity contribution in [2.45, 2.75) is 31.1 Å². The molecule has 30 heavy (non-hydrogen) atoms. The van der Waals surface area contributed by atoms with E-state index >= 15 is 0 Å². The van der Waals surface area contributed by atoms with Crippen molar-refractivity contribution in [1.82, 2.24) is 14.2 Å². The average Bonchev–Trinajstić information content (AvgIpc) is 3.24. The SMILES string of the molecule is CCN1CCN(c2oc(-c3ccc(S(=O)(=O)N4CCCCC4)cc3)nc2C#N)CC1. The number of anilines is 1. The van der Waals surface area contributed by atoms with Gasteiger partial charge in [-0.25, -0.2) is 8.42 Å². The molecule has 0 bridgehead atoms. The maximum Gasteiger partial charge on any atom is 0.243 e. The topological polar surface area (TPSA) is 93.7 Å². The Labute approximate surface area is 177 Å². The Hall–Kier alpha value is -2.41. The average molecular weight is 430 g/mol. The van der Waals surface area contributed by atoms with E-state index in [1.807, 2.05) is 0 Å². The second-order valence-electron chi connectivity index (χ2n) is 7.70. The van der Waals surface area contributed by atoms with E-state index in [4.69, 9.17) is 4.42 Å². The fourth-order valence-corrected chi connectivity index (χ4v) is 5.53. The van der Waals surface area contributed by atoms with Crippen LogP contribution in [0.15, 0.2) is 33.6 Å². The van der Waals surface area contributed by atoms with Crippen molar-refractivity contribution in [2.75, 3.05) is 50.7 Å². The molecule has 0 aliphatic carbocycles. The van der Waals surface area contributed by atoms with Crippen LogP contribution in [0.3, 0.4) is 0 Å². The summed E-state index contributed by atoms with van der Waals surface area (Å²) in [6, 6.07) is 8.70. The number of sulfonamides is 1. The van der Waals surface area contributed by atoms with E-state index < -0.39 is 10.0 Å². The molecule has 2 aromatic rings. The van der Waals surface area contributed by atoms with Gasteiger partial charge in [-0.2, -0.15) is 14.6 Å². The molecule has 0 amide bonds. The third kappa shape index (κ3) is 4.08. The molecule has 0 spiro atoms. The number of likely N-dealkylation sites (N-methyl/N-ethyl adjacent to an activating group) is 1. The van der Waals surface area contributed by atoms with E-state index in [-0.39, 0.29) is 10.6 Å². The van der Waals surface area contributed by atoms with E-state index in [1.54, 1.807) is 28.6 Å². The minimum Gasteiger partial charge on any atom is -0.419 e. The lowest BCUT2D eigenvalue weighted by molar-refractivity contribution is 0.266. The predicted octanol–water partition coefficient (Wildman–Crippen LogP) is 2.53.